The van der Waals surface area contributed by atoms with Gasteiger partial charge in [0, 0.05) is 18.6 Å². The molecule has 0 aliphatic heterocycles. The van der Waals surface area contributed by atoms with Crippen LogP contribution in [0.25, 0.3) is 16.7 Å². The summed E-state index contributed by atoms with van der Waals surface area (Å²) in [6.07, 6.45) is 8.20. The van der Waals surface area contributed by atoms with Gasteiger partial charge in [-0.15, -0.1) is 0 Å². The third-order valence-corrected chi connectivity index (χ3v) is 4.95. The first kappa shape index (κ1) is 16.7. The molecule has 1 aromatic carbocycles. The Morgan fingerprint density at radius 3 is 3.04 bits per heavy atom. The van der Waals surface area contributed by atoms with Crippen molar-refractivity contribution in [2.24, 2.45) is 0 Å². The van der Waals surface area contributed by atoms with Gasteiger partial charge in [-0.2, -0.15) is 11.8 Å². The van der Waals surface area contributed by atoms with Crippen LogP contribution in [0.5, 0.6) is 0 Å². The number of aromatic nitrogens is 4. The van der Waals surface area contributed by atoms with Crippen LogP contribution < -0.4 is 5.32 Å². The lowest BCUT2D eigenvalue weighted by atomic mass is 10.2. The number of pyridine rings is 1. The number of imidazole rings is 2. The van der Waals surface area contributed by atoms with Crippen LogP contribution in [0.15, 0.2) is 55.0 Å². The molecule has 0 saturated heterocycles. The molecule has 2 N–H and O–H groups in total. The number of aromatic amines is 1. The summed E-state index contributed by atoms with van der Waals surface area (Å²) in [6, 6.07) is 11.4. The molecule has 0 aliphatic carbocycles. The van der Waals surface area contributed by atoms with E-state index in [4.69, 9.17) is 0 Å². The monoisotopic (exact) mass is 365 g/mol. The third-order valence-electron chi connectivity index (χ3n) is 4.30. The molecule has 0 saturated carbocycles. The predicted octanol–water partition coefficient (Wildman–Crippen LogP) is 3.43. The van der Waals surface area contributed by atoms with E-state index in [1.165, 1.54) is 0 Å². The normalized spacial score (nSPS) is 12.5. The van der Waals surface area contributed by atoms with Crippen LogP contribution in [-0.4, -0.2) is 37.3 Å². The highest BCUT2D eigenvalue weighted by molar-refractivity contribution is 7.98. The number of nitrogens with zero attached hydrogens (tertiary/aromatic N) is 3. The minimum absolute atomic E-state index is 0.118. The number of carbonyl (C=O) groups excluding carboxylic acids is 1. The van der Waals surface area contributed by atoms with Crippen LogP contribution in [0, 0.1) is 0 Å². The van der Waals surface area contributed by atoms with E-state index < -0.39 is 0 Å². The van der Waals surface area contributed by atoms with Crippen molar-refractivity contribution in [1.29, 1.82) is 0 Å². The van der Waals surface area contributed by atoms with Crippen LogP contribution >= 0.6 is 11.8 Å². The number of para-hydroxylation sites is 2. The third kappa shape index (κ3) is 3.30. The number of benzene rings is 1. The molecule has 0 bridgehead atoms. The van der Waals surface area contributed by atoms with E-state index >= 15 is 0 Å². The van der Waals surface area contributed by atoms with Crippen molar-refractivity contribution in [3.63, 3.8) is 0 Å². The topological polar surface area (TPSA) is 75.1 Å². The summed E-state index contributed by atoms with van der Waals surface area (Å²) >= 11 is 1.75. The zero-order valence-electron chi connectivity index (χ0n) is 14.3. The molecular formula is C19H19N5OS. The molecular weight excluding hydrogens is 346 g/mol. The highest BCUT2D eigenvalue weighted by Crippen LogP contribution is 2.20. The zero-order chi connectivity index (χ0) is 17.9. The van der Waals surface area contributed by atoms with Gasteiger partial charge in [0.25, 0.3) is 5.91 Å². The molecule has 1 atom stereocenters. The minimum Gasteiger partial charge on any atom is -0.342 e. The summed E-state index contributed by atoms with van der Waals surface area (Å²) in [5.74, 6) is 1.60. The quantitative estimate of drug-likeness (QED) is 0.549. The summed E-state index contributed by atoms with van der Waals surface area (Å²) in [6.45, 7) is 0. The fraction of sp³-hybridized carbons (Fsp3) is 0.211. The average molecular weight is 365 g/mol. The number of carbonyl (C=O) groups is 1. The maximum absolute atomic E-state index is 12.8. The Labute approximate surface area is 155 Å². The molecule has 0 radical (unpaired) electrons. The second-order valence-electron chi connectivity index (χ2n) is 6.06. The number of amides is 1. The van der Waals surface area contributed by atoms with Crippen LogP contribution in [0.3, 0.4) is 0 Å². The summed E-state index contributed by atoms with van der Waals surface area (Å²) < 4.78 is 1.84. The van der Waals surface area contributed by atoms with Gasteiger partial charge in [0.05, 0.1) is 22.6 Å². The number of hydrogen-bond acceptors (Lipinski definition) is 4. The maximum Gasteiger partial charge on any atom is 0.253 e. The van der Waals surface area contributed by atoms with E-state index in [2.05, 4.69) is 26.5 Å². The minimum atomic E-state index is -0.166. The van der Waals surface area contributed by atoms with Crippen molar-refractivity contribution in [1.82, 2.24) is 24.7 Å². The number of rotatable bonds is 6. The van der Waals surface area contributed by atoms with E-state index in [0.29, 0.717) is 5.56 Å². The summed E-state index contributed by atoms with van der Waals surface area (Å²) in [4.78, 5) is 25.0. The van der Waals surface area contributed by atoms with E-state index in [1.807, 2.05) is 40.9 Å². The van der Waals surface area contributed by atoms with Gasteiger partial charge in [0.15, 0.2) is 0 Å². The molecule has 7 heteroatoms. The first-order valence-corrected chi connectivity index (χ1v) is 9.81. The lowest BCUT2D eigenvalue weighted by Crippen LogP contribution is -2.30. The first-order valence-electron chi connectivity index (χ1n) is 8.42. The largest absolute Gasteiger partial charge is 0.342 e. The van der Waals surface area contributed by atoms with Crippen molar-refractivity contribution in [3.05, 3.63) is 66.4 Å². The summed E-state index contributed by atoms with van der Waals surface area (Å²) in [5, 5.41) is 3.12. The fourth-order valence-corrected chi connectivity index (χ4v) is 3.42. The van der Waals surface area contributed by atoms with Gasteiger partial charge in [-0.25, -0.2) is 9.97 Å². The molecule has 0 fully saturated rings. The van der Waals surface area contributed by atoms with Gasteiger partial charge >= 0.3 is 0 Å². The van der Waals surface area contributed by atoms with E-state index in [9.17, 15) is 4.79 Å². The van der Waals surface area contributed by atoms with Gasteiger partial charge < -0.3 is 14.7 Å². The number of nitrogens with one attached hydrogen (secondary N) is 2. The van der Waals surface area contributed by atoms with E-state index in [-0.39, 0.29) is 11.9 Å². The Hall–Kier alpha value is -2.80. The van der Waals surface area contributed by atoms with Gasteiger partial charge in [-0.05, 0) is 42.7 Å². The second kappa shape index (κ2) is 7.21. The molecule has 3 aromatic heterocycles. The Morgan fingerprint density at radius 1 is 1.31 bits per heavy atom. The number of hydrogen-bond donors (Lipinski definition) is 2. The van der Waals surface area contributed by atoms with Crippen molar-refractivity contribution in [2.75, 3.05) is 12.0 Å². The lowest BCUT2D eigenvalue weighted by molar-refractivity contribution is 0.0933. The Kier molecular flexibility index (Phi) is 4.62. The van der Waals surface area contributed by atoms with Crippen molar-refractivity contribution < 1.29 is 4.79 Å². The van der Waals surface area contributed by atoms with Gasteiger partial charge in [-0.3, -0.25) is 4.79 Å². The first-order chi connectivity index (χ1) is 12.7. The average Bonchev–Trinajstić information content (AvgIpc) is 3.30. The van der Waals surface area contributed by atoms with Gasteiger partial charge in [0.2, 0.25) is 0 Å². The smallest absolute Gasteiger partial charge is 0.253 e. The number of thioether (sulfide) groups is 1. The molecule has 6 nitrogen and oxygen atoms in total. The fourth-order valence-electron chi connectivity index (χ4n) is 2.95. The number of H-pyrrole nitrogens is 1. The van der Waals surface area contributed by atoms with Gasteiger partial charge in [-0.1, -0.05) is 12.1 Å². The number of fused-ring (bicyclic) bond motifs is 2. The van der Waals surface area contributed by atoms with Crippen molar-refractivity contribution in [3.8, 4) is 0 Å². The second-order valence-corrected chi connectivity index (χ2v) is 7.04. The molecule has 4 aromatic rings. The molecule has 3 heterocycles. The molecule has 0 spiro atoms. The highest BCUT2D eigenvalue weighted by atomic mass is 32.2. The molecule has 132 valence electrons. The maximum atomic E-state index is 12.8. The Bertz CT molecular complexity index is 1020. The summed E-state index contributed by atoms with van der Waals surface area (Å²) in [7, 11) is 0. The lowest BCUT2D eigenvalue weighted by Gasteiger charge is -2.16. The Morgan fingerprint density at radius 2 is 2.19 bits per heavy atom. The molecule has 1 unspecified atom stereocenters. The van der Waals surface area contributed by atoms with Gasteiger partial charge in [0.1, 0.15) is 11.5 Å². The van der Waals surface area contributed by atoms with Crippen molar-refractivity contribution in [2.45, 2.75) is 12.5 Å². The molecule has 0 aliphatic rings. The van der Waals surface area contributed by atoms with Crippen LogP contribution in [-0.2, 0) is 0 Å². The van der Waals surface area contributed by atoms with Crippen LogP contribution in [0.1, 0.15) is 28.6 Å². The molecule has 26 heavy (non-hydrogen) atoms. The van der Waals surface area contributed by atoms with E-state index in [0.717, 1.165) is 34.7 Å². The summed E-state index contributed by atoms with van der Waals surface area (Å²) in [5.41, 5.74) is 3.30. The predicted molar refractivity (Wildman–Crippen MR) is 104 cm³/mol. The van der Waals surface area contributed by atoms with Crippen LogP contribution in [0.4, 0.5) is 0 Å². The van der Waals surface area contributed by atoms with Crippen LogP contribution in [0.2, 0.25) is 0 Å². The standard InChI is InChI=1S/C19H19N5OS/c1-26-11-8-16(18-21-14-4-2-3-5-15(14)22-18)23-19(25)13-6-7-17-20-9-10-24(17)12-13/h2-7,9-10,12,16H,8,11H2,1H3,(H,21,22)(H,23,25). The Balaban J connectivity index is 1.60. The van der Waals surface area contributed by atoms with Crippen molar-refractivity contribution >= 4 is 34.3 Å². The SMILES string of the molecule is CSCCC(NC(=O)c1ccc2nccn2c1)c1nc2ccccc2[nH]1. The molecule has 4 rings (SSSR count). The highest BCUT2D eigenvalue weighted by Gasteiger charge is 2.19. The van der Waals surface area contributed by atoms with E-state index in [1.54, 1.807) is 30.2 Å². The zero-order valence-corrected chi connectivity index (χ0v) is 15.2. The molecule has 1 amide bonds.